The van der Waals surface area contributed by atoms with Gasteiger partial charge in [0.05, 0.1) is 12.7 Å². The lowest BCUT2D eigenvalue weighted by Crippen LogP contribution is -2.23. The molecule has 6 nitrogen and oxygen atoms in total. The molecule has 7 heteroatoms. The molecule has 4 rings (SSSR count). The van der Waals surface area contributed by atoms with E-state index in [2.05, 4.69) is 25.3 Å². The Morgan fingerprint density at radius 3 is 2.88 bits per heavy atom. The molecule has 3 heterocycles. The number of pyridine rings is 1. The average molecular weight is 353 g/mol. The highest BCUT2D eigenvalue weighted by Crippen LogP contribution is 2.21. The van der Waals surface area contributed by atoms with E-state index >= 15 is 0 Å². The van der Waals surface area contributed by atoms with E-state index in [0.29, 0.717) is 6.61 Å². The number of halogens is 1. The zero-order chi connectivity index (χ0) is 17.8. The van der Waals surface area contributed by atoms with Crippen molar-refractivity contribution in [2.75, 3.05) is 13.1 Å². The Balaban J connectivity index is 1.31. The largest absolute Gasteiger partial charge is 0.370 e. The zero-order valence-corrected chi connectivity index (χ0v) is 14.3. The first-order valence-corrected chi connectivity index (χ1v) is 8.66. The van der Waals surface area contributed by atoms with E-state index in [0.717, 1.165) is 48.6 Å². The minimum atomic E-state index is -0.201. The molecule has 3 aromatic rings. The van der Waals surface area contributed by atoms with E-state index in [4.69, 9.17) is 4.74 Å². The molecule has 0 spiro atoms. The second-order valence-corrected chi connectivity index (χ2v) is 6.44. The van der Waals surface area contributed by atoms with E-state index in [9.17, 15) is 4.39 Å². The van der Waals surface area contributed by atoms with E-state index in [1.807, 2.05) is 24.3 Å². The van der Waals surface area contributed by atoms with Crippen LogP contribution >= 0.6 is 0 Å². The Kier molecular flexibility index (Phi) is 4.99. The highest BCUT2D eigenvalue weighted by molar-refractivity contribution is 5.59. The van der Waals surface area contributed by atoms with Gasteiger partial charge >= 0.3 is 0 Å². The third-order valence-electron chi connectivity index (χ3n) is 4.56. The molecule has 1 fully saturated rings. The summed E-state index contributed by atoms with van der Waals surface area (Å²) in [5.74, 6) is -0.201. The Bertz CT molecular complexity index is 837. The zero-order valence-electron chi connectivity index (χ0n) is 14.3. The van der Waals surface area contributed by atoms with E-state index in [1.54, 1.807) is 12.4 Å². The molecule has 1 aliphatic heterocycles. The maximum Gasteiger partial charge on any atom is 0.123 e. The maximum absolute atomic E-state index is 13.0. The van der Waals surface area contributed by atoms with Gasteiger partial charge in [-0.2, -0.15) is 15.4 Å². The van der Waals surface area contributed by atoms with Crippen molar-refractivity contribution >= 4 is 0 Å². The molecule has 1 aliphatic rings. The fourth-order valence-corrected chi connectivity index (χ4v) is 3.21. The lowest BCUT2D eigenvalue weighted by atomic mass is 10.2. The minimum absolute atomic E-state index is 0.161. The quantitative estimate of drug-likeness (QED) is 0.738. The molecular weight excluding hydrogens is 333 g/mol. The average Bonchev–Trinajstić information content (AvgIpc) is 3.32. The summed E-state index contributed by atoms with van der Waals surface area (Å²) >= 11 is 0. The van der Waals surface area contributed by atoms with E-state index in [-0.39, 0.29) is 11.9 Å². The standard InChI is InChI=1S/C19H20FN5O/c20-16-5-3-14(4-6-16)11-25-9-7-17(12-25)26-13-18-19(23-24-22-18)15-2-1-8-21-10-15/h1-6,8,10,17H,7,9,11-13H2,(H,22,23,24). The SMILES string of the molecule is Fc1ccc(CN2CCC(OCc3n[nH]nc3-c3cccnc3)C2)cc1. The Morgan fingerprint density at radius 1 is 1.19 bits per heavy atom. The molecule has 1 N–H and O–H groups in total. The summed E-state index contributed by atoms with van der Waals surface area (Å²) in [5, 5.41) is 11.1. The van der Waals surface area contributed by atoms with Crippen LogP contribution in [0.25, 0.3) is 11.3 Å². The molecule has 26 heavy (non-hydrogen) atoms. The fourth-order valence-electron chi connectivity index (χ4n) is 3.21. The predicted octanol–water partition coefficient (Wildman–Crippen LogP) is 2.80. The number of hydrogen-bond donors (Lipinski definition) is 1. The predicted molar refractivity (Wildman–Crippen MR) is 94.5 cm³/mol. The molecule has 0 saturated carbocycles. The first-order chi connectivity index (χ1) is 12.8. The summed E-state index contributed by atoms with van der Waals surface area (Å²) in [4.78, 5) is 6.44. The first kappa shape index (κ1) is 16.8. The van der Waals surface area contributed by atoms with Crippen molar-refractivity contribution in [3.63, 3.8) is 0 Å². The lowest BCUT2D eigenvalue weighted by Gasteiger charge is -2.16. The van der Waals surface area contributed by atoms with Crippen LogP contribution in [0.3, 0.4) is 0 Å². The van der Waals surface area contributed by atoms with Crippen LogP contribution in [0.1, 0.15) is 17.7 Å². The lowest BCUT2D eigenvalue weighted by molar-refractivity contribution is 0.0445. The van der Waals surface area contributed by atoms with Crippen molar-refractivity contribution < 1.29 is 9.13 Å². The number of nitrogens with one attached hydrogen (secondary N) is 1. The van der Waals surface area contributed by atoms with Crippen molar-refractivity contribution in [2.45, 2.75) is 25.7 Å². The number of ether oxygens (including phenoxy) is 1. The summed E-state index contributed by atoms with van der Waals surface area (Å²) in [6.07, 6.45) is 4.63. The van der Waals surface area contributed by atoms with Crippen LogP contribution in [0.15, 0.2) is 48.8 Å². The molecule has 2 aromatic heterocycles. The van der Waals surface area contributed by atoms with Crippen molar-refractivity contribution in [3.8, 4) is 11.3 Å². The summed E-state index contributed by atoms with van der Waals surface area (Å²) in [7, 11) is 0. The van der Waals surface area contributed by atoms with Crippen molar-refractivity contribution in [3.05, 3.63) is 65.9 Å². The Labute approximate surface area is 151 Å². The monoisotopic (exact) mass is 353 g/mol. The van der Waals surface area contributed by atoms with Gasteiger partial charge in [-0.1, -0.05) is 12.1 Å². The summed E-state index contributed by atoms with van der Waals surface area (Å²) < 4.78 is 19.1. The topological polar surface area (TPSA) is 66.9 Å². The van der Waals surface area contributed by atoms with Crippen molar-refractivity contribution in [1.82, 2.24) is 25.3 Å². The Morgan fingerprint density at radius 2 is 2.08 bits per heavy atom. The molecule has 0 radical (unpaired) electrons. The van der Waals surface area contributed by atoms with Gasteiger partial charge in [0.1, 0.15) is 17.2 Å². The van der Waals surface area contributed by atoms with Gasteiger partial charge in [-0.3, -0.25) is 9.88 Å². The van der Waals surface area contributed by atoms with Crippen LogP contribution in [0.4, 0.5) is 4.39 Å². The van der Waals surface area contributed by atoms with Gasteiger partial charge in [0, 0.05) is 37.6 Å². The Hall–Kier alpha value is -2.64. The number of likely N-dealkylation sites (tertiary alicyclic amines) is 1. The number of benzene rings is 1. The molecule has 0 bridgehead atoms. The molecule has 0 amide bonds. The first-order valence-electron chi connectivity index (χ1n) is 8.66. The second kappa shape index (κ2) is 7.72. The molecule has 1 saturated heterocycles. The normalized spacial score (nSPS) is 17.7. The maximum atomic E-state index is 13.0. The number of rotatable bonds is 6. The van der Waals surface area contributed by atoms with Crippen LogP contribution < -0.4 is 0 Å². The summed E-state index contributed by atoms with van der Waals surface area (Å²) in [6, 6.07) is 10.5. The number of nitrogens with zero attached hydrogens (tertiary/aromatic N) is 4. The number of hydrogen-bond acceptors (Lipinski definition) is 5. The van der Waals surface area contributed by atoms with Gasteiger partial charge in [0.2, 0.25) is 0 Å². The van der Waals surface area contributed by atoms with Gasteiger partial charge in [-0.05, 0) is 36.2 Å². The minimum Gasteiger partial charge on any atom is -0.370 e. The third-order valence-corrected chi connectivity index (χ3v) is 4.56. The number of H-pyrrole nitrogens is 1. The molecule has 1 aromatic carbocycles. The number of aromatic amines is 1. The molecule has 1 atom stereocenters. The molecular formula is C19H20FN5O. The smallest absolute Gasteiger partial charge is 0.123 e. The molecule has 0 aliphatic carbocycles. The van der Waals surface area contributed by atoms with Gasteiger partial charge in [0.25, 0.3) is 0 Å². The summed E-state index contributed by atoms with van der Waals surface area (Å²) in [6.45, 7) is 3.05. The van der Waals surface area contributed by atoms with Crippen LogP contribution in [0.2, 0.25) is 0 Å². The second-order valence-electron chi connectivity index (χ2n) is 6.44. The molecule has 1 unspecified atom stereocenters. The van der Waals surface area contributed by atoms with E-state index < -0.39 is 0 Å². The van der Waals surface area contributed by atoms with Gasteiger partial charge in [-0.25, -0.2) is 4.39 Å². The van der Waals surface area contributed by atoms with E-state index in [1.165, 1.54) is 12.1 Å². The molecule has 134 valence electrons. The van der Waals surface area contributed by atoms with Crippen molar-refractivity contribution in [2.24, 2.45) is 0 Å². The highest BCUT2D eigenvalue weighted by Gasteiger charge is 2.24. The van der Waals surface area contributed by atoms with Crippen molar-refractivity contribution in [1.29, 1.82) is 0 Å². The van der Waals surface area contributed by atoms with Gasteiger partial charge in [-0.15, -0.1) is 0 Å². The van der Waals surface area contributed by atoms with Gasteiger partial charge in [0.15, 0.2) is 0 Å². The number of aromatic nitrogens is 4. The van der Waals surface area contributed by atoms with Crippen LogP contribution in [-0.2, 0) is 17.9 Å². The third kappa shape index (κ3) is 3.95. The van der Waals surface area contributed by atoms with Crippen LogP contribution in [-0.4, -0.2) is 44.5 Å². The van der Waals surface area contributed by atoms with Gasteiger partial charge < -0.3 is 4.74 Å². The highest BCUT2D eigenvalue weighted by atomic mass is 19.1. The fraction of sp³-hybridized carbons (Fsp3) is 0.316. The summed E-state index contributed by atoms with van der Waals surface area (Å²) in [5.41, 5.74) is 3.60. The van der Waals surface area contributed by atoms with Crippen LogP contribution in [0, 0.1) is 5.82 Å². The van der Waals surface area contributed by atoms with Crippen LogP contribution in [0.5, 0.6) is 0 Å².